The van der Waals surface area contributed by atoms with Gasteiger partial charge in [0.05, 0.1) is 13.2 Å². The topological polar surface area (TPSA) is 35.5 Å². The van der Waals surface area contributed by atoms with Gasteiger partial charge in [0.15, 0.2) is 0 Å². The van der Waals surface area contributed by atoms with E-state index in [-0.39, 0.29) is 0 Å². The maximum absolute atomic E-state index is 11.2. The Morgan fingerprint density at radius 2 is 1.93 bits per heavy atom. The minimum Gasteiger partial charge on any atom is -0.311 e. The van der Waals surface area contributed by atoms with Gasteiger partial charge in [0.25, 0.3) is 0 Å². The summed E-state index contributed by atoms with van der Waals surface area (Å²) in [5.74, 6) is 0. The molecule has 3 nitrogen and oxygen atoms in total. The molecule has 0 aliphatic rings. The standard InChI is InChI=1S/C11H17O3P/c1-2-3-9-13-15(12)14-10-11-7-5-4-6-8-11/h4-8,15H,2-3,9-10H2,1H3. The maximum atomic E-state index is 11.2. The molecular weight excluding hydrogens is 211 g/mol. The third-order valence-corrected chi connectivity index (χ3v) is 2.74. The van der Waals surface area contributed by atoms with Crippen LogP contribution >= 0.6 is 8.25 Å². The molecule has 1 unspecified atom stereocenters. The molecule has 0 fully saturated rings. The van der Waals surface area contributed by atoms with E-state index in [1.54, 1.807) is 0 Å². The molecule has 0 bridgehead atoms. The van der Waals surface area contributed by atoms with Crippen molar-refractivity contribution < 1.29 is 13.6 Å². The lowest BCUT2D eigenvalue weighted by Crippen LogP contribution is -1.89. The van der Waals surface area contributed by atoms with E-state index in [1.165, 1.54) is 0 Å². The Hall–Kier alpha value is -0.630. The van der Waals surface area contributed by atoms with Crippen LogP contribution in [0.25, 0.3) is 0 Å². The van der Waals surface area contributed by atoms with E-state index in [1.807, 2.05) is 30.3 Å². The molecule has 0 saturated heterocycles. The normalized spacial score (nSPS) is 12.6. The highest BCUT2D eigenvalue weighted by molar-refractivity contribution is 7.33. The zero-order valence-corrected chi connectivity index (χ0v) is 9.94. The van der Waals surface area contributed by atoms with Crippen LogP contribution in [0.3, 0.4) is 0 Å². The minimum atomic E-state index is -2.31. The fourth-order valence-corrected chi connectivity index (χ4v) is 1.74. The lowest BCUT2D eigenvalue weighted by molar-refractivity contribution is 0.217. The van der Waals surface area contributed by atoms with Gasteiger partial charge in [-0.3, -0.25) is 4.57 Å². The molecular formula is C11H17O3P. The van der Waals surface area contributed by atoms with E-state index in [0.717, 1.165) is 18.4 Å². The summed E-state index contributed by atoms with van der Waals surface area (Å²) in [7, 11) is -2.31. The molecule has 0 aliphatic carbocycles. The van der Waals surface area contributed by atoms with Crippen molar-refractivity contribution in [2.45, 2.75) is 26.4 Å². The van der Waals surface area contributed by atoms with Crippen molar-refractivity contribution in [1.29, 1.82) is 0 Å². The van der Waals surface area contributed by atoms with Crippen LogP contribution in [0, 0.1) is 0 Å². The molecule has 4 heteroatoms. The molecule has 0 aliphatic heterocycles. The van der Waals surface area contributed by atoms with Crippen molar-refractivity contribution in [2.75, 3.05) is 6.61 Å². The van der Waals surface area contributed by atoms with Crippen LogP contribution in [0.15, 0.2) is 30.3 Å². The largest absolute Gasteiger partial charge is 0.319 e. The lowest BCUT2D eigenvalue weighted by Gasteiger charge is -2.04. The molecule has 0 heterocycles. The molecule has 1 atom stereocenters. The highest BCUT2D eigenvalue weighted by Gasteiger charge is 1.99. The van der Waals surface area contributed by atoms with E-state index in [4.69, 9.17) is 9.05 Å². The lowest BCUT2D eigenvalue weighted by atomic mass is 10.2. The predicted octanol–water partition coefficient (Wildman–Crippen LogP) is 3.41. The van der Waals surface area contributed by atoms with Crippen molar-refractivity contribution >= 4 is 8.25 Å². The molecule has 1 aromatic rings. The second-order valence-corrected chi connectivity index (χ2v) is 4.30. The first kappa shape index (κ1) is 12.4. The number of hydrogen-bond acceptors (Lipinski definition) is 3. The van der Waals surface area contributed by atoms with Gasteiger partial charge in [-0.2, -0.15) is 0 Å². The Morgan fingerprint density at radius 1 is 1.20 bits per heavy atom. The van der Waals surface area contributed by atoms with E-state index in [0.29, 0.717) is 13.2 Å². The van der Waals surface area contributed by atoms with E-state index >= 15 is 0 Å². The molecule has 1 aromatic carbocycles. The number of rotatable bonds is 7. The van der Waals surface area contributed by atoms with Crippen molar-refractivity contribution in [3.63, 3.8) is 0 Å². The van der Waals surface area contributed by atoms with E-state index in [2.05, 4.69) is 6.92 Å². The third kappa shape index (κ3) is 5.73. The Balaban J connectivity index is 2.17. The van der Waals surface area contributed by atoms with Gasteiger partial charge >= 0.3 is 8.25 Å². The quantitative estimate of drug-likeness (QED) is 0.530. The van der Waals surface area contributed by atoms with Gasteiger partial charge in [0.2, 0.25) is 0 Å². The summed E-state index contributed by atoms with van der Waals surface area (Å²) < 4.78 is 21.4. The third-order valence-electron chi connectivity index (χ3n) is 1.92. The van der Waals surface area contributed by atoms with Crippen LogP contribution in [0.5, 0.6) is 0 Å². The molecule has 1 rings (SSSR count). The van der Waals surface area contributed by atoms with Gasteiger partial charge in [-0.25, -0.2) is 0 Å². The molecule has 0 amide bonds. The average molecular weight is 228 g/mol. The monoisotopic (exact) mass is 228 g/mol. The van der Waals surface area contributed by atoms with Crippen LogP contribution in [0.2, 0.25) is 0 Å². The summed E-state index contributed by atoms with van der Waals surface area (Å²) in [4.78, 5) is 0. The average Bonchev–Trinajstić information content (AvgIpc) is 2.28. The number of unbranched alkanes of at least 4 members (excludes halogenated alkanes) is 1. The van der Waals surface area contributed by atoms with Crippen LogP contribution in [-0.4, -0.2) is 6.61 Å². The summed E-state index contributed by atoms with van der Waals surface area (Å²) in [6.07, 6.45) is 1.96. The van der Waals surface area contributed by atoms with Crippen molar-refractivity contribution in [3.05, 3.63) is 35.9 Å². The molecule has 0 N–H and O–H groups in total. The highest BCUT2D eigenvalue weighted by atomic mass is 31.1. The fraction of sp³-hybridized carbons (Fsp3) is 0.455. The molecule has 0 saturated carbocycles. The Kier molecular flexibility index (Phi) is 6.33. The minimum absolute atomic E-state index is 0.352. The van der Waals surface area contributed by atoms with E-state index in [9.17, 15) is 4.57 Å². The first-order valence-corrected chi connectivity index (χ1v) is 6.39. The van der Waals surface area contributed by atoms with Gasteiger partial charge in [-0.1, -0.05) is 43.7 Å². The molecule has 0 aromatic heterocycles. The predicted molar refractivity (Wildman–Crippen MR) is 61.1 cm³/mol. The Bertz CT molecular complexity index is 287. The molecule has 15 heavy (non-hydrogen) atoms. The highest BCUT2D eigenvalue weighted by Crippen LogP contribution is 2.25. The first-order valence-electron chi connectivity index (χ1n) is 5.16. The van der Waals surface area contributed by atoms with Crippen LogP contribution in [0.4, 0.5) is 0 Å². The maximum Gasteiger partial charge on any atom is 0.319 e. The molecule has 84 valence electrons. The summed E-state index contributed by atoms with van der Waals surface area (Å²) in [6.45, 7) is 2.93. The molecule has 0 spiro atoms. The van der Waals surface area contributed by atoms with Crippen molar-refractivity contribution in [3.8, 4) is 0 Å². The smallest absolute Gasteiger partial charge is 0.311 e. The summed E-state index contributed by atoms with van der Waals surface area (Å²) in [6, 6.07) is 9.65. The van der Waals surface area contributed by atoms with Crippen LogP contribution < -0.4 is 0 Å². The van der Waals surface area contributed by atoms with Gasteiger partial charge in [0, 0.05) is 0 Å². The number of hydrogen-bond donors (Lipinski definition) is 0. The van der Waals surface area contributed by atoms with Gasteiger partial charge in [-0.05, 0) is 12.0 Å². The van der Waals surface area contributed by atoms with Crippen molar-refractivity contribution in [2.24, 2.45) is 0 Å². The van der Waals surface area contributed by atoms with Crippen LogP contribution in [-0.2, 0) is 20.2 Å². The summed E-state index contributed by atoms with van der Waals surface area (Å²) in [5.41, 5.74) is 1.01. The van der Waals surface area contributed by atoms with E-state index < -0.39 is 8.25 Å². The van der Waals surface area contributed by atoms with Crippen molar-refractivity contribution in [1.82, 2.24) is 0 Å². The zero-order valence-electron chi connectivity index (χ0n) is 8.94. The fourth-order valence-electron chi connectivity index (χ4n) is 1.06. The zero-order chi connectivity index (χ0) is 10.9. The second-order valence-electron chi connectivity index (χ2n) is 3.23. The SMILES string of the molecule is CCCCO[PH](=O)OCc1ccccc1. The Morgan fingerprint density at radius 3 is 2.60 bits per heavy atom. The summed E-state index contributed by atoms with van der Waals surface area (Å²) in [5, 5.41) is 0. The summed E-state index contributed by atoms with van der Waals surface area (Å²) >= 11 is 0. The Labute approximate surface area is 91.4 Å². The van der Waals surface area contributed by atoms with Gasteiger partial charge in [0.1, 0.15) is 0 Å². The van der Waals surface area contributed by atoms with Crippen LogP contribution in [0.1, 0.15) is 25.3 Å². The first-order chi connectivity index (χ1) is 7.33. The molecule has 0 radical (unpaired) electrons. The second kappa shape index (κ2) is 7.63. The van der Waals surface area contributed by atoms with Gasteiger partial charge in [-0.15, -0.1) is 0 Å². The van der Waals surface area contributed by atoms with Gasteiger partial charge < -0.3 is 9.05 Å². The number of benzene rings is 1.